The van der Waals surface area contributed by atoms with E-state index in [-0.39, 0.29) is 11.1 Å². The molecule has 2 amide bonds. The van der Waals surface area contributed by atoms with E-state index in [2.05, 4.69) is 46.5 Å². The van der Waals surface area contributed by atoms with Gasteiger partial charge in [0.05, 0.1) is 10.6 Å². The summed E-state index contributed by atoms with van der Waals surface area (Å²) in [7, 11) is 2.19. The van der Waals surface area contributed by atoms with E-state index >= 15 is 0 Å². The molecular weight excluding hydrogens is 410 g/mol. The van der Waals surface area contributed by atoms with E-state index in [1.165, 1.54) is 31.5 Å². The van der Waals surface area contributed by atoms with Gasteiger partial charge >= 0.3 is 0 Å². The third-order valence-electron chi connectivity index (χ3n) is 5.89. The summed E-state index contributed by atoms with van der Waals surface area (Å²) in [6.07, 6.45) is 6.98. The Morgan fingerprint density at radius 3 is 2.81 bits per heavy atom. The molecule has 0 bridgehead atoms. The molecule has 2 aliphatic heterocycles. The number of piperidine rings is 1. The number of benzene rings is 1. The lowest BCUT2D eigenvalue weighted by Crippen LogP contribution is -2.30. The average molecular weight is 434 g/mol. The van der Waals surface area contributed by atoms with Gasteiger partial charge in [0.1, 0.15) is 11.8 Å². The molecule has 0 spiro atoms. The number of imidazole rings is 1. The molecule has 7 nitrogen and oxygen atoms in total. The highest BCUT2D eigenvalue weighted by Crippen LogP contribution is 2.27. The molecule has 31 heavy (non-hydrogen) atoms. The molecule has 8 heteroatoms. The number of aromatic nitrogens is 3. The van der Waals surface area contributed by atoms with Gasteiger partial charge in [-0.1, -0.05) is 12.1 Å². The van der Waals surface area contributed by atoms with Crippen LogP contribution < -0.4 is 5.32 Å². The maximum absolute atomic E-state index is 11.8. The number of hydrogen-bond acceptors (Lipinski definition) is 6. The fourth-order valence-electron chi connectivity index (χ4n) is 4.17. The van der Waals surface area contributed by atoms with Gasteiger partial charge in [0.15, 0.2) is 5.65 Å². The summed E-state index contributed by atoms with van der Waals surface area (Å²) in [5.41, 5.74) is 4.46. The van der Waals surface area contributed by atoms with Gasteiger partial charge in [0.2, 0.25) is 0 Å². The number of amides is 2. The average Bonchev–Trinajstić information content (AvgIpc) is 3.32. The van der Waals surface area contributed by atoms with Crippen molar-refractivity contribution in [2.45, 2.75) is 19.3 Å². The molecule has 2 aliphatic rings. The van der Waals surface area contributed by atoms with Gasteiger partial charge in [-0.15, -0.1) is 0 Å². The van der Waals surface area contributed by atoms with Crippen molar-refractivity contribution in [2.24, 2.45) is 5.92 Å². The summed E-state index contributed by atoms with van der Waals surface area (Å²) in [6, 6.07) is 12.2. The Morgan fingerprint density at radius 2 is 2.03 bits per heavy atom. The Balaban J connectivity index is 1.43. The first-order valence-electron chi connectivity index (χ1n) is 10.4. The summed E-state index contributed by atoms with van der Waals surface area (Å²) >= 11 is 0.891. The standard InChI is InChI=1S/C23H23N5O2S/c1-27-9-7-15(8-10-27)11-16-3-2-4-18(12-16)28-14-24-19-6-5-17(25-21(19)28)13-20-22(29)26-23(30)31-20/h2-6,12-15H,7-11H2,1H3,(H,26,29,30). The number of thioether (sulfide) groups is 1. The fourth-order valence-corrected chi connectivity index (χ4v) is 4.83. The van der Waals surface area contributed by atoms with E-state index in [9.17, 15) is 9.59 Å². The Kier molecular flexibility index (Phi) is 5.33. The van der Waals surface area contributed by atoms with Crippen LogP contribution in [0, 0.1) is 5.92 Å². The van der Waals surface area contributed by atoms with Gasteiger partial charge < -0.3 is 4.90 Å². The molecule has 0 atom stereocenters. The van der Waals surface area contributed by atoms with E-state index < -0.39 is 0 Å². The second-order valence-electron chi connectivity index (χ2n) is 8.17. The summed E-state index contributed by atoms with van der Waals surface area (Å²) < 4.78 is 1.97. The zero-order valence-corrected chi connectivity index (χ0v) is 18.1. The predicted molar refractivity (Wildman–Crippen MR) is 122 cm³/mol. The van der Waals surface area contributed by atoms with Gasteiger partial charge in [0.25, 0.3) is 11.1 Å². The zero-order valence-electron chi connectivity index (χ0n) is 17.2. The molecule has 1 aromatic carbocycles. The second-order valence-corrected chi connectivity index (χ2v) is 9.18. The lowest BCUT2D eigenvalue weighted by Gasteiger charge is -2.29. The highest BCUT2D eigenvalue weighted by molar-refractivity contribution is 8.18. The highest BCUT2D eigenvalue weighted by atomic mass is 32.2. The van der Waals surface area contributed by atoms with Gasteiger partial charge in [-0.2, -0.15) is 0 Å². The number of nitrogens with one attached hydrogen (secondary N) is 1. The Labute approximate surface area is 184 Å². The predicted octanol–water partition coefficient (Wildman–Crippen LogP) is 3.63. The van der Waals surface area contributed by atoms with Crippen molar-refractivity contribution in [3.8, 4) is 5.69 Å². The Bertz CT molecular complexity index is 1190. The van der Waals surface area contributed by atoms with Crippen LogP contribution in [0.1, 0.15) is 24.1 Å². The fraction of sp³-hybridized carbons (Fsp3) is 0.304. The van der Waals surface area contributed by atoms with Crippen molar-refractivity contribution in [2.75, 3.05) is 20.1 Å². The topological polar surface area (TPSA) is 80.1 Å². The SMILES string of the molecule is CN1CCC(Cc2cccc(-n3cnc4ccc(C=C5SC(=O)NC5=O)nc43)c2)CC1. The molecular formula is C23H23N5O2S. The maximum Gasteiger partial charge on any atom is 0.290 e. The quantitative estimate of drug-likeness (QED) is 0.633. The van der Waals surface area contributed by atoms with Gasteiger partial charge in [-0.3, -0.25) is 19.5 Å². The lowest BCUT2D eigenvalue weighted by molar-refractivity contribution is -0.115. The summed E-state index contributed by atoms with van der Waals surface area (Å²) in [5, 5.41) is 1.91. The molecule has 0 saturated carbocycles. The van der Waals surface area contributed by atoms with Crippen LogP contribution in [-0.4, -0.2) is 50.7 Å². The molecule has 158 valence electrons. The third-order valence-corrected chi connectivity index (χ3v) is 6.70. The number of carbonyl (C=O) groups is 2. The first-order valence-corrected chi connectivity index (χ1v) is 11.2. The molecule has 1 N–H and O–H groups in total. The number of carbonyl (C=O) groups excluding carboxylic acids is 2. The Hall–Kier alpha value is -2.97. The molecule has 5 rings (SSSR count). The number of nitrogens with zero attached hydrogens (tertiary/aromatic N) is 4. The van der Waals surface area contributed by atoms with Crippen LogP contribution in [0.15, 0.2) is 47.6 Å². The maximum atomic E-state index is 11.8. The minimum Gasteiger partial charge on any atom is -0.306 e. The van der Waals surface area contributed by atoms with E-state index in [0.29, 0.717) is 10.6 Å². The summed E-state index contributed by atoms with van der Waals surface area (Å²) in [5.74, 6) is 0.340. The number of rotatable bonds is 4. The minimum atomic E-state index is -0.382. The summed E-state index contributed by atoms with van der Waals surface area (Å²) in [6.45, 7) is 2.33. The largest absolute Gasteiger partial charge is 0.306 e. The van der Waals surface area contributed by atoms with Crippen molar-refractivity contribution in [3.63, 3.8) is 0 Å². The van der Waals surface area contributed by atoms with Crippen molar-refractivity contribution in [1.82, 2.24) is 24.8 Å². The molecule has 0 radical (unpaired) electrons. The molecule has 2 fully saturated rings. The highest BCUT2D eigenvalue weighted by Gasteiger charge is 2.25. The lowest BCUT2D eigenvalue weighted by atomic mass is 9.90. The molecule has 0 unspecified atom stereocenters. The van der Waals surface area contributed by atoms with Crippen molar-refractivity contribution in [1.29, 1.82) is 0 Å². The van der Waals surface area contributed by atoms with Crippen LogP contribution in [-0.2, 0) is 11.2 Å². The van der Waals surface area contributed by atoms with Crippen molar-refractivity contribution >= 4 is 40.1 Å². The number of likely N-dealkylation sites (tertiary alicyclic amines) is 1. The zero-order chi connectivity index (χ0) is 21.4. The number of pyridine rings is 1. The van der Waals surface area contributed by atoms with Crippen molar-refractivity contribution in [3.05, 3.63) is 58.9 Å². The van der Waals surface area contributed by atoms with Crippen LogP contribution in [0.2, 0.25) is 0 Å². The van der Waals surface area contributed by atoms with Gasteiger partial charge in [-0.05, 0) is 93.0 Å². The molecule has 2 aromatic heterocycles. The normalized spacial score (nSPS) is 19.5. The molecule has 4 heterocycles. The van der Waals surface area contributed by atoms with Crippen LogP contribution in [0.3, 0.4) is 0 Å². The van der Waals surface area contributed by atoms with Crippen LogP contribution in [0.5, 0.6) is 0 Å². The van der Waals surface area contributed by atoms with Crippen LogP contribution in [0.25, 0.3) is 22.9 Å². The minimum absolute atomic E-state index is 0.350. The first kappa shape index (κ1) is 20.0. The summed E-state index contributed by atoms with van der Waals surface area (Å²) in [4.78, 5) is 35.2. The van der Waals surface area contributed by atoms with E-state index in [1.807, 2.05) is 10.6 Å². The van der Waals surface area contributed by atoms with Gasteiger partial charge in [-0.25, -0.2) is 9.97 Å². The molecule has 3 aromatic rings. The monoisotopic (exact) mass is 433 g/mol. The number of fused-ring (bicyclic) bond motifs is 1. The molecule has 2 saturated heterocycles. The van der Waals surface area contributed by atoms with Crippen LogP contribution >= 0.6 is 11.8 Å². The van der Waals surface area contributed by atoms with Crippen molar-refractivity contribution < 1.29 is 9.59 Å². The first-order chi connectivity index (χ1) is 15.0. The van der Waals surface area contributed by atoms with Gasteiger partial charge in [0, 0.05) is 5.69 Å². The Morgan fingerprint density at radius 1 is 1.19 bits per heavy atom. The number of imide groups is 1. The van der Waals surface area contributed by atoms with E-state index in [4.69, 9.17) is 4.98 Å². The molecule has 0 aliphatic carbocycles. The van der Waals surface area contributed by atoms with E-state index in [1.54, 1.807) is 18.5 Å². The second kappa shape index (κ2) is 8.28. The number of hydrogen-bond donors (Lipinski definition) is 1. The van der Waals surface area contributed by atoms with Crippen LogP contribution in [0.4, 0.5) is 4.79 Å². The third kappa shape index (κ3) is 4.26. The smallest absolute Gasteiger partial charge is 0.290 e. The van der Waals surface area contributed by atoms with E-state index in [0.717, 1.165) is 41.0 Å².